The topological polar surface area (TPSA) is 0 Å². The standard InChI is InChI=1S/C60H48P2/c1-5-19-47-37-51(31-25-41(47)13-1)61(52-32-26-42-14-2-6-20-48(42)38-52)57-35-29-45-17-9-11-23-55(45)59(57)60-56-24-12-10-18-46(56)30-36-58(60)62(53-33-27-43-15-3-7-21-49(43)39-53)54-34-28-44-16-4-8-22-50(44)40-54/h1-8,13-16,19-22,25-40H,9-12,17-18,23-24H2. The molecule has 0 radical (unpaired) electrons. The Morgan fingerprint density at radius 1 is 0.258 bits per heavy atom. The van der Waals surface area contributed by atoms with Gasteiger partial charge in [-0.15, -0.1) is 0 Å². The summed E-state index contributed by atoms with van der Waals surface area (Å²) in [5.41, 5.74) is 9.43. The predicted molar refractivity (Wildman–Crippen MR) is 273 cm³/mol. The lowest BCUT2D eigenvalue weighted by Crippen LogP contribution is -2.29. The Hall–Kier alpha value is -5.90. The molecule has 62 heavy (non-hydrogen) atoms. The second-order valence-corrected chi connectivity index (χ2v) is 21.8. The minimum Gasteiger partial charge on any atom is -0.0616 e. The molecular formula is C60H48P2. The van der Waals surface area contributed by atoms with E-state index in [1.807, 2.05) is 0 Å². The Labute approximate surface area is 367 Å². The molecule has 0 unspecified atom stereocenters. The van der Waals surface area contributed by atoms with E-state index in [0.717, 1.165) is 25.7 Å². The molecule has 0 saturated heterocycles. The fourth-order valence-corrected chi connectivity index (χ4v) is 15.7. The van der Waals surface area contributed by atoms with Crippen molar-refractivity contribution in [2.45, 2.75) is 51.4 Å². The molecule has 0 spiro atoms. The van der Waals surface area contributed by atoms with Gasteiger partial charge < -0.3 is 0 Å². The van der Waals surface area contributed by atoms with Gasteiger partial charge in [-0.3, -0.25) is 0 Å². The molecular weight excluding hydrogens is 783 g/mol. The summed E-state index contributed by atoms with van der Waals surface area (Å²) in [7, 11) is -1.89. The number of hydrogen-bond donors (Lipinski definition) is 0. The molecule has 10 aromatic carbocycles. The molecule has 0 N–H and O–H groups in total. The van der Waals surface area contributed by atoms with Crippen molar-refractivity contribution in [3.05, 3.63) is 216 Å². The van der Waals surface area contributed by atoms with Crippen LogP contribution < -0.4 is 31.8 Å². The maximum absolute atomic E-state index is 2.59. The van der Waals surface area contributed by atoms with Crippen molar-refractivity contribution in [2.24, 2.45) is 0 Å². The number of benzene rings is 10. The van der Waals surface area contributed by atoms with E-state index in [9.17, 15) is 0 Å². The molecule has 2 heteroatoms. The maximum atomic E-state index is 2.59. The molecule has 2 aliphatic carbocycles. The van der Waals surface area contributed by atoms with Crippen molar-refractivity contribution in [1.82, 2.24) is 0 Å². The van der Waals surface area contributed by atoms with Gasteiger partial charge in [0.1, 0.15) is 0 Å². The van der Waals surface area contributed by atoms with E-state index < -0.39 is 15.8 Å². The SMILES string of the molecule is c1ccc2cc(P(c3ccc4ccccc4c3)c3ccc4c(c3-c3c(P(c5ccc6ccccc6c5)c5ccc6ccccc6c5)ccc5c3CCCC5)CCCC4)ccc2c1. The molecule has 12 rings (SSSR count). The Morgan fingerprint density at radius 3 is 0.871 bits per heavy atom. The van der Waals surface area contributed by atoms with Crippen LogP contribution in [0.4, 0.5) is 0 Å². The second kappa shape index (κ2) is 16.1. The predicted octanol–water partition coefficient (Wildman–Crippen LogP) is 13.2. The highest BCUT2D eigenvalue weighted by Gasteiger charge is 2.32. The Kier molecular flexibility index (Phi) is 9.82. The molecule has 10 aromatic rings. The molecule has 0 saturated carbocycles. The summed E-state index contributed by atoms with van der Waals surface area (Å²) < 4.78 is 0. The highest BCUT2D eigenvalue weighted by atomic mass is 31.1. The molecule has 2 aliphatic rings. The van der Waals surface area contributed by atoms with Crippen LogP contribution in [0.2, 0.25) is 0 Å². The molecule has 298 valence electrons. The van der Waals surface area contributed by atoms with E-state index >= 15 is 0 Å². The van der Waals surface area contributed by atoms with Gasteiger partial charge in [0.05, 0.1) is 0 Å². The number of aryl methyl sites for hydroxylation is 2. The quantitative estimate of drug-likeness (QED) is 0.140. The van der Waals surface area contributed by atoms with Crippen LogP contribution in [0.5, 0.6) is 0 Å². The van der Waals surface area contributed by atoms with Crippen LogP contribution in [-0.2, 0) is 25.7 Å². The zero-order chi connectivity index (χ0) is 41.0. The van der Waals surface area contributed by atoms with Gasteiger partial charge in [-0.05, 0) is 200 Å². The van der Waals surface area contributed by atoms with Crippen LogP contribution in [0.3, 0.4) is 0 Å². The van der Waals surface area contributed by atoms with Crippen LogP contribution >= 0.6 is 15.8 Å². The van der Waals surface area contributed by atoms with E-state index in [2.05, 4.69) is 194 Å². The smallest absolute Gasteiger partial charge is 0.00559 e. The van der Waals surface area contributed by atoms with Gasteiger partial charge in [0.2, 0.25) is 0 Å². The lowest BCUT2D eigenvalue weighted by atomic mass is 9.81. The van der Waals surface area contributed by atoms with Crippen molar-refractivity contribution in [2.75, 3.05) is 0 Å². The number of rotatable bonds is 7. The van der Waals surface area contributed by atoms with Crippen molar-refractivity contribution >= 4 is 90.8 Å². The van der Waals surface area contributed by atoms with E-state index in [4.69, 9.17) is 0 Å². The lowest BCUT2D eigenvalue weighted by molar-refractivity contribution is 0.682. The van der Waals surface area contributed by atoms with Crippen LogP contribution in [0, 0.1) is 0 Å². The minimum atomic E-state index is -0.945. The van der Waals surface area contributed by atoms with Crippen LogP contribution in [-0.4, -0.2) is 0 Å². The average molecular weight is 831 g/mol. The lowest BCUT2D eigenvalue weighted by Gasteiger charge is -2.33. The summed E-state index contributed by atoms with van der Waals surface area (Å²) in [5.74, 6) is 0. The van der Waals surface area contributed by atoms with Gasteiger partial charge in [-0.2, -0.15) is 0 Å². The molecule has 0 bridgehead atoms. The highest BCUT2D eigenvalue weighted by Crippen LogP contribution is 2.47. The van der Waals surface area contributed by atoms with Crippen LogP contribution in [0.1, 0.15) is 47.9 Å². The first-order valence-corrected chi connectivity index (χ1v) is 25.3. The minimum absolute atomic E-state index is 0.945. The zero-order valence-corrected chi connectivity index (χ0v) is 36.8. The van der Waals surface area contributed by atoms with Crippen molar-refractivity contribution < 1.29 is 0 Å². The van der Waals surface area contributed by atoms with Gasteiger partial charge in [-0.1, -0.05) is 170 Å². The molecule has 0 nitrogen and oxygen atoms in total. The summed E-state index contributed by atoms with van der Waals surface area (Å²) in [6.07, 6.45) is 9.56. The fourth-order valence-electron chi connectivity index (χ4n) is 10.7. The second-order valence-electron chi connectivity index (χ2n) is 17.4. The van der Waals surface area contributed by atoms with Gasteiger partial charge in [-0.25, -0.2) is 0 Å². The van der Waals surface area contributed by atoms with Gasteiger partial charge in [0, 0.05) is 0 Å². The maximum Gasteiger partial charge on any atom is -0.00559 e. The summed E-state index contributed by atoms with van der Waals surface area (Å²) in [5, 5.41) is 19.1. The van der Waals surface area contributed by atoms with E-state index in [0.29, 0.717) is 0 Å². The third kappa shape index (κ3) is 6.77. The molecule has 0 heterocycles. The van der Waals surface area contributed by atoms with E-state index in [1.54, 1.807) is 33.4 Å². The third-order valence-electron chi connectivity index (χ3n) is 13.7. The molecule has 0 atom stereocenters. The van der Waals surface area contributed by atoms with Crippen molar-refractivity contribution in [1.29, 1.82) is 0 Å². The monoisotopic (exact) mass is 830 g/mol. The first-order valence-electron chi connectivity index (χ1n) is 22.6. The summed E-state index contributed by atoms with van der Waals surface area (Å²) in [4.78, 5) is 0. The molecule has 0 aliphatic heterocycles. The Morgan fingerprint density at radius 2 is 0.548 bits per heavy atom. The normalized spacial score (nSPS) is 13.9. The van der Waals surface area contributed by atoms with Crippen molar-refractivity contribution in [3.8, 4) is 11.1 Å². The first-order chi connectivity index (χ1) is 30.7. The third-order valence-corrected chi connectivity index (χ3v) is 18.6. The zero-order valence-electron chi connectivity index (χ0n) is 35.0. The summed E-state index contributed by atoms with van der Waals surface area (Å²) in [6.45, 7) is 0. The molecule has 0 fully saturated rings. The first kappa shape index (κ1) is 37.8. The number of hydrogen-bond acceptors (Lipinski definition) is 0. The Balaban J connectivity index is 1.18. The van der Waals surface area contributed by atoms with E-state index in [1.165, 1.54) is 101 Å². The average Bonchev–Trinajstić information content (AvgIpc) is 3.34. The largest absolute Gasteiger partial charge is 0.0616 e. The molecule has 0 aromatic heterocycles. The summed E-state index contributed by atoms with van der Waals surface area (Å²) >= 11 is 0. The fraction of sp³-hybridized carbons (Fsp3) is 0.133. The van der Waals surface area contributed by atoms with Crippen LogP contribution in [0.25, 0.3) is 54.2 Å². The summed E-state index contributed by atoms with van der Waals surface area (Å²) in [6, 6.07) is 75.2. The van der Waals surface area contributed by atoms with Gasteiger partial charge in [0.25, 0.3) is 0 Å². The number of fused-ring (bicyclic) bond motifs is 6. The molecule has 0 amide bonds. The van der Waals surface area contributed by atoms with Crippen LogP contribution in [0.15, 0.2) is 194 Å². The highest BCUT2D eigenvalue weighted by molar-refractivity contribution is 7.80. The van der Waals surface area contributed by atoms with E-state index in [-0.39, 0.29) is 0 Å². The van der Waals surface area contributed by atoms with Gasteiger partial charge >= 0.3 is 0 Å². The van der Waals surface area contributed by atoms with Gasteiger partial charge in [0.15, 0.2) is 0 Å². The van der Waals surface area contributed by atoms with Crippen molar-refractivity contribution in [3.63, 3.8) is 0 Å². The Bertz CT molecular complexity index is 2960.